The van der Waals surface area contributed by atoms with Gasteiger partial charge in [-0.3, -0.25) is 19.3 Å². The van der Waals surface area contributed by atoms with Gasteiger partial charge < -0.3 is 9.47 Å². The smallest absolute Gasteiger partial charge is 0.253 e. The fourth-order valence-corrected chi connectivity index (χ4v) is 2.38. The lowest BCUT2D eigenvalue weighted by atomic mass is 10.1. The number of carbonyl (C=O) groups is 3. The van der Waals surface area contributed by atoms with Crippen molar-refractivity contribution in [2.24, 2.45) is 0 Å². The van der Waals surface area contributed by atoms with Crippen LogP contribution in [0.15, 0.2) is 12.2 Å². The van der Waals surface area contributed by atoms with Gasteiger partial charge in [0.2, 0.25) is 0 Å². The van der Waals surface area contributed by atoms with E-state index in [0.717, 1.165) is 38.7 Å². The summed E-state index contributed by atoms with van der Waals surface area (Å²) in [6.45, 7) is 5.05. The molecule has 0 unspecified atom stereocenters. The summed E-state index contributed by atoms with van der Waals surface area (Å²) in [7, 11) is 0. The molecular weight excluding hydrogens is 310 g/mol. The molecule has 0 fully saturated rings. The zero-order valence-electron chi connectivity index (χ0n) is 14.6. The zero-order valence-corrected chi connectivity index (χ0v) is 14.6. The van der Waals surface area contributed by atoms with E-state index in [9.17, 15) is 14.4 Å². The first-order valence-electron chi connectivity index (χ1n) is 8.86. The van der Waals surface area contributed by atoms with E-state index in [1.54, 1.807) is 0 Å². The molecule has 1 aliphatic heterocycles. The number of amides is 2. The molecule has 0 radical (unpaired) electrons. The van der Waals surface area contributed by atoms with Gasteiger partial charge in [-0.2, -0.15) is 0 Å². The number of ether oxygens (including phenoxy) is 2. The molecular formula is C18H29NO5. The van der Waals surface area contributed by atoms with Crippen LogP contribution in [0, 0.1) is 0 Å². The summed E-state index contributed by atoms with van der Waals surface area (Å²) < 4.78 is 10.7. The van der Waals surface area contributed by atoms with Gasteiger partial charge in [0.05, 0.1) is 13.2 Å². The summed E-state index contributed by atoms with van der Waals surface area (Å²) in [4.78, 5) is 35.7. The van der Waals surface area contributed by atoms with E-state index in [2.05, 4.69) is 6.92 Å². The maximum absolute atomic E-state index is 11.7. The lowest BCUT2D eigenvalue weighted by Gasteiger charge is -2.12. The molecule has 0 atom stereocenters. The van der Waals surface area contributed by atoms with E-state index in [1.165, 1.54) is 17.1 Å². The van der Waals surface area contributed by atoms with Crippen molar-refractivity contribution in [2.75, 3.05) is 33.0 Å². The maximum atomic E-state index is 11.7. The van der Waals surface area contributed by atoms with Gasteiger partial charge in [0.1, 0.15) is 5.78 Å². The number of carbonyl (C=O) groups excluding carboxylic acids is 3. The monoisotopic (exact) mass is 339 g/mol. The molecule has 0 aromatic rings. The summed E-state index contributed by atoms with van der Waals surface area (Å²) >= 11 is 0. The van der Waals surface area contributed by atoms with Crippen LogP contribution in [0.5, 0.6) is 0 Å². The van der Waals surface area contributed by atoms with E-state index < -0.39 is 0 Å². The van der Waals surface area contributed by atoms with Gasteiger partial charge in [-0.05, 0) is 25.7 Å². The number of ketones is 1. The van der Waals surface area contributed by atoms with Gasteiger partial charge in [0, 0.05) is 44.8 Å². The Kier molecular flexibility index (Phi) is 11.0. The Morgan fingerprint density at radius 3 is 2.17 bits per heavy atom. The summed E-state index contributed by atoms with van der Waals surface area (Å²) in [5.74, 6) is -0.233. The minimum absolute atomic E-state index is 0.240. The van der Waals surface area contributed by atoms with Crippen LogP contribution in [-0.2, 0) is 23.9 Å². The maximum Gasteiger partial charge on any atom is 0.253 e. The normalized spacial score (nSPS) is 14.0. The van der Waals surface area contributed by atoms with E-state index in [1.807, 2.05) is 0 Å². The van der Waals surface area contributed by atoms with Gasteiger partial charge in [0.25, 0.3) is 11.8 Å². The van der Waals surface area contributed by atoms with E-state index in [4.69, 9.17) is 9.47 Å². The lowest BCUT2D eigenvalue weighted by Crippen LogP contribution is -2.30. The van der Waals surface area contributed by atoms with Crippen molar-refractivity contribution < 1.29 is 23.9 Å². The highest BCUT2D eigenvalue weighted by Gasteiger charge is 2.22. The second-order valence-corrected chi connectivity index (χ2v) is 5.84. The molecule has 0 aromatic heterocycles. The first kappa shape index (κ1) is 20.5. The summed E-state index contributed by atoms with van der Waals surface area (Å²) in [5.41, 5.74) is 0. The van der Waals surface area contributed by atoms with Gasteiger partial charge in [-0.25, -0.2) is 0 Å². The first-order valence-corrected chi connectivity index (χ1v) is 8.86. The van der Waals surface area contributed by atoms with Gasteiger partial charge in [0.15, 0.2) is 0 Å². The Hall–Kier alpha value is -1.53. The predicted octanol–water partition coefficient (Wildman–Crippen LogP) is 2.26. The molecule has 0 aromatic carbocycles. The molecule has 0 spiro atoms. The quantitative estimate of drug-likeness (QED) is 0.338. The molecule has 0 saturated heterocycles. The van der Waals surface area contributed by atoms with Crippen molar-refractivity contribution in [1.29, 1.82) is 0 Å². The van der Waals surface area contributed by atoms with Crippen LogP contribution in [0.1, 0.15) is 51.9 Å². The number of Topliss-reactive ketones (excluding diaryl/α,β-unsaturated/α-hetero) is 1. The first-order chi connectivity index (χ1) is 11.6. The lowest BCUT2D eigenvalue weighted by molar-refractivity contribution is -0.136. The minimum Gasteiger partial charge on any atom is -0.379 e. The second-order valence-electron chi connectivity index (χ2n) is 5.84. The van der Waals surface area contributed by atoms with E-state index in [0.29, 0.717) is 39.2 Å². The number of imide groups is 1. The van der Waals surface area contributed by atoms with Crippen LogP contribution >= 0.6 is 0 Å². The Morgan fingerprint density at radius 2 is 1.50 bits per heavy atom. The van der Waals surface area contributed by atoms with Crippen molar-refractivity contribution in [3.63, 3.8) is 0 Å². The number of hydrogen-bond donors (Lipinski definition) is 0. The Labute approximate surface area is 144 Å². The molecule has 1 rings (SSSR count). The van der Waals surface area contributed by atoms with Crippen molar-refractivity contribution in [2.45, 2.75) is 51.9 Å². The molecule has 6 heteroatoms. The van der Waals surface area contributed by atoms with Crippen LogP contribution in [0.2, 0.25) is 0 Å². The molecule has 1 heterocycles. The van der Waals surface area contributed by atoms with Crippen molar-refractivity contribution in [3.8, 4) is 0 Å². The predicted molar refractivity (Wildman–Crippen MR) is 90.5 cm³/mol. The van der Waals surface area contributed by atoms with Crippen molar-refractivity contribution >= 4 is 17.6 Å². The third-order valence-electron chi connectivity index (χ3n) is 3.70. The molecule has 24 heavy (non-hydrogen) atoms. The summed E-state index contributed by atoms with van der Waals surface area (Å²) in [6, 6.07) is 0. The topological polar surface area (TPSA) is 72.9 Å². The van der Waals surface area contributed by atoms with E-state index in [-0.39, 0.29) is 17.6 Å². The average Bonchev–Trinajstić information content (AvgIpc) is 2.88. The molecule has 1 aliphatic rings. The SMILES string of the molecule is CCCOCCOCCCC(=O)CCCCCN1C(=O)C=CC1=O. The zero-order chi connectivity index (χ0) is 17.6. The summed E-state index contributed by atoms with van der Waals surface area (Å²) in [6.07, 6.45) is 7.83. The third kappa shape index (κ3) is 8.93. The van der Waals surface area contributed by atoms with Gasteiger partial charge >= 0.3 is 0 Å². The average molecular weight is 339 g/mol. The van der Waals surface area contributed by atoms with Crippen LogP contribution in [0.4, 0.5) is 0 Å². The molecule has 0 aliphatic carbocycles. The van der Waals surface area contributed by atoms with Gasteiger partial charge in [-0.1, -0.05) is 13.3 Å². The Balaban J connectivity index is 1.88. The number of unbranched alkanes of at least 4 members (excludes halogenated alkanes) is 2. The van der Waals surface area contributed by atoms with Crippen molar-refractivity contribution in [1.82, 2.24) is 4.90 Å². The number of nitrogens with zero attached hydrogens (tertiary/aromatic N) is 1. The molecule has 0 bridgehead atoms. The highest BCUT2D eigenvalue weighted by molar-refractivity contribution is 6.12. The Morgan fingerprint density at radius 1 is 0.875 bits per heavy atom. The van der Waals surface area contributed by atoms with Crippen LogP contribution < -0.4 is 0 Å². The third-order valence-corrected chi connectivity index (χ3v) is 3.70. The van der Waals surface area contributed by atoms with Crippen molar-refractivity contribution in [3.05, 3.63) is 12.2 Å². The highest BCUT2D eigenvalue weighted by Crippen LogP contribution is 2.09. The van der Waals surface area contributed by atoms with Crippen LogP contribution in [-0.4, -0.2) is 55.5 Å². The molecule has 6 nitrogen and oxygen atoms in total. The molecule has 0 saturated carbocycles. The number of rotatable bonds is 15. The van der Waals surface area contributed by atoms with E-state index >= 15 is 0 Å². The minimum atomic E-state index is -0.240. The van der Waals surface area contributed by atoms with Crippen LogP contribution in [0.3, 0.4) is 0 Å². The number of hydrogen-bond acceptors (Lipinski definition) is 5. The second kappa shape index (κ2) is 12.8. The fourth-order valence-electron chi connectivity index (χ4n) is 2.38. The molecule has 136 valence electrons. The molecule has 0 N–H and O–H groups in total. The highest BCUT2D eigenvalue weighted by atomic mass is 16.5. The Bertz CT molecular complexity index is 415. The fraction of sp³-hybridized carbons (Fsp3) is 0.722. The summed E-state index contributed by atoms with van der Waals surface area (Å²) in [5, 5.41) is 0. The van der Waals surface area contributed by atoms with Gasteiger partial charge in [-0.15, -0.1) is 0 Å². The van der Waals surface area contributed by atoms with Crippen LogP contribution in [0.25, 0.3) is 0 Å². The standard InChI is InChI=1S/C18H29NO5/c1-2-12-23-14-15-24-13-6-8-16(20)7-4-3-5-11-19-17(21)9-10-18(19)22/h9-10H,2-8,11-15H2,1H3. The molecule has 2 amide bonds. The largest absolute Gasteiger partial charge is 0.379 e.